The van der Waals surface area contributed by atoms with Gasteiger partial charge in [0.05, 0.1) is 6.07 Å². The Morgan fingerprint density at radius 1 is 1.04 bits per heavy atom. The zero-order valence-corrected chi connectivity index (χ0v) is 15.1. The molecule has 3 rings (SSSR count). The van der Waals surface area contributed by atoms with Crippen LogP contribution in [0.25, 0.3) is 0 Å². The van der Waals surface area contributed by atoms with E-state index in [2.05, 4.69) is 6.07 Å². The molecular formula is C21H22FN3O. The molecule has 26 heavy (non-hydrogen) atoms. The molecule has 0 spiro atoms. The lowest BCUT2D eigenvalue weighted by atomic mass is 10.0. The molecule has 1 heterocycles. The van der Waals surface area contributed by atoms with Gasteiger partial charge in [-0.15, -0.1) is 0 Å². The highest BCUT2D eigenvalue weighted by molar-refractivity contribution is 5.94. The second-order valence-corrected chi connectivity index (χ2v) is 6.71. The van der Waals surface area contributed by atoms with Crippen molar-refractivity contribution in [1.29, 1.82) is 5.26 Å². The summed E-state index contributed by atoms with van der Waals surface area (Å²) < 4.78 is 13.1. The molecule has 2 aromatic carbocycles. The van der Waals surface area contributed by atoms with Crippen molar-refractivity contribution in [1.82, 2.24) is 9.80 Å². The standard InChI is InChI=1S/C21H22FN3O/c1-15-3-4-18(13-16(15)2)21(26)25-11-9-24(10-12-25)20(14-23)17-5-7-19(22)8-6-17/h3-8,13,20H,9-12H2,1-2H3. The fourth-order valence-electron chi connectivity index (χ4n) is 3.25. The highest BCUT2D eigenvalue weighted by atomic mass is 19.1. The Labute approximate surface area is 153 Å². The van der Waals surface area contributed by atoms with Crippen LogP contribution in [-0.2, 0) is 0 Å². The van der Waals surface area contributed by atoms with E-state index in [-0.39, 0.29) is 11.7 Å². The van der Waals surface area contributed by atoms with Gasteiger partial charge in [-0.05, 0) is 54.8 Å². The minimum Gasteiger partial charge on any atom is -0.336 e. The van der Waals surface area contributed by atoms with Crippen LogP contribution in [0.3, 0.4) is 0 Å². The average molecular weight is 351 g/mol. The van der Waals surface area contributed by atoms with Gasteiger partial charge in [-0.25, -0.2) is 4.39 Å². The quantitative estimate of drug-likeness (QED) is 0.851. The van der Waals surface area contributed by atoms with Gasteiger partial charge in [0.25, 0.3) is 5.91 Å². The molecule has 2 aromatic rings. The minimum atomic E-state index is -0.422. The van der Waals surface area contributed by atoms with E-state index in [0.717, 1.165) is 11.1 Å². The zero-order chi connectivity index (χ0) is 18.7. The third-order valence-corrected chi connectivity index (χ3v) is 5.03. The Morgan fingerprint density at radius 2 is 1.69 bits per heavy atom. The van der Waals surface area contributed by atoms with Crippen molar-refractivity contribution >= 4 is 5.91 Å². The van der Waals surface area contributed by atoms with Crippen LogP contribution >= 0.6 is 0 Å². The summed E-state index contributed by atoms with van der Waals surface area (Å²) in [7, 11) is 0. The Kier molecular flexibility index (Phi) is 5.34. The van der Waals surface area contributed by atoms with Gasteiger partial charge >= 0.3 is 0 Å². The lowest BCUT2D eigenvalue weighted by molar-refractivity contribution is 0.0606. The molecule has 0 radical (unpaired) electrons. The van der Waals surface area contributed by atoms with Crippen molar-refractivity contribution in [2.45, 2.75) is 19.9 Å². The van der Waals surface area contributed by atoms with Crippen LogP contribution in [0.1, 0.15) is 33.1 Å². The maximum absolute atomic E-state index is 13.1. The topological polar surface area (TPSA) is 47.3 Å². The molecule has 0 N–H and O–H groups in total. The molecule has 1 unspecified atom stereocenters. The molecule has 1 aliphatic heterocycles. The number of hydrogen-bond donors (Lipinski definition) is 0. The number of benzene rings is 2. The second-order valence-electron chi connectivity index (χ2n) is 6.71. The molecule has 1 fully saturated rings. The van der Waals surface area contributed by atoms with Gasteiger partial charge in [-0.3, -0.25) is 9.69 Å². The zero-order valence-electron chi connectivity index (χ0n) is 15.1. The minimum absolute atomic E-state index is 0.0306. The van der Waals surface area contributed by atoms with Crippen LogP contribution in [0.2, 0.25) is 0 Å². The van der Waals surface area contributed by atoms with Gasteiger partial charge in [0.2, 0.25) is 0 Å². The number of halogens is 1. The van der Waals surface area contributed by atoms with Crippen LogP contribution < -0.4 is 0 Å². The maximum atomic E-state index is 13.1. The van der Waals surface area contributed by atoms with Crippen LogP contribution in [0.15, 0.2) is 42.5 Å². The first-order chi connectivity index (χ1) is 12.5. The first-order valence-electron chi connectivity index (χ1n) is 8.75. The first kappa shape index (κ1) is 18.1. The molecule has 0 bridgehead atoms. The summed E-state index contributed by atoms with van der Waals surface area (Å²) >= 11 is 0. The number of hydrogen-bond acceptors (Lipinski definition) is 3. The molecule has 1 saturated heterocycles. The number of nitriles is 1. The summed E-state index contributed by atoms with van der Waals surface area (Å²) in [5.41, 5.74) is 3.76. The molecule has 1 atom stereocenters. The maximum Gasteiger partial charge on any atom is 0.253 e. The average Bonchev–Trinajstić information content (AvgIpc) is 2.66. The van der Waals surface area contributed by atoms with Gasteiger partial charge < -0.3 is 4.90 Å². The largest absolute Gasteiger partial charge is 0.336 e. The molecule has 0 aliphatic carbocycles. The smallest absolute Gasteiger partial charge is 0.253 e. The van der Waals surface area contributed by atoms with Gasteiger partial charge in [0, 0.05) is 31.7 Å². The van der Waals surface area contributed by atoms with Gasteiger partial charge in [-0.2, -0.15) is 5.26 Å². The fraction of sp³-hybridized carbons (Fsp3) is 0.333. The Morgan fingerprint density at radius 3 is 2.27 bits per heavy atom. The van der Waals surface area contributed by atoms with E-state index in [4.69, 9.17) is 0 Å². The van der Waals surface area contributed by atoms with Crippen molar-refractivity contribution in [2.24, 2.45) is 0 Å². The van der Waals surface area contributed by atoms with Crippen molar-refractivity contribution in [3.63, 3.8) is 0 Å². The van der Waals surface area contributed by atoms with E-state index in [1.54, 1.807) is 12.1 Å². The normalized spacial score (nSPS) is 16.2. The molecule has 1 amide bonds. The van der Waals surface area contributed by atoms with Crippen LogP contribution in [0, 0.1) is 31.0 Å². The third kappa shape index (κ3) is 3.76. The molecule has 134 valence electrons. The molecule has 4 nitrogen and oxygen atoms in total. The monoisotopic (exact) mass is 351 g/mol. The number of carbonyl (C=O) groups excluding carboxylic acids is 1. The highest BCUT2D eigenvalue weighted by Crippen LogP contribution is 2.22. The van der Waals surface area contributed by atoms with E-state index in [1.165, 1.54) is 17.7 Å². The molecule has 5 heteroatoms. The van der Waals surface area contributed by atoms with Crippen LogP contribution in [-0.4, -0.2) is 41.9 Å². The fourth-order valence-corrected chi connectivity index (χ4v) is 3.25. The van der Waals surface area contributed by atoms with Gasteiger partial charge in [-0.1, -0.05) is 18.2 Å². The molecule has 1 aliphatic rings. The number of rotatable bonds is 3. The van der Waals surface area contributed by atoms with E-state index in [1.807, 2.05) is 41.8 Å². The number of amides is 1. The molecule has 0 saturated carbocycles. The second kappa shape index (κ2) is 7.67. The summed E-state index contributed by atoms with van der Waals surface area (Å²) in [4.78, 5) is 16.6. The van der Waals surface area contributed by atoms with E-state index in [0.29, 0.717) is 31.7 Å². The summed E-state index contributed by atoms with van der Waals surface area (Å²) in [5, 5.41) is 9.54. The van der Waals surface area contributed by atoms with Crippen LogP contribution in [0.4, 0.5) is 4.39 Å². The number of aryl methyl sites for hydroxylation is 2. The first-order valence-corrected chi connectivity index (χ1v) is 8.75. The van der Waals surface area contributed by atoms with E-state index < -0.39 is 6.04 Å². The lowest BCUT2D eigenvalue weighted by Crippen LogP contribution is -2.49. The Balaban J connectivity index is 1.66. The SMILES string of the molecule is Cc1ccc(C(=O)N2CCN(C(C#N)c3ccc(F)cc3)CC2)cc1C. The summed E-state index contributed by atoms with van der Waals surface area (Å²) in [6.45, 7) is 6.42. The van der Waals surface area contributed by atoms with Crippen LogP contribution in [0.5, 0.6) is 0 Å². The van der Waals surface area contributed by atoms with E-state index in [9.17, 15) is 14.4 Å². The number of carbonyl (C=O) groups is 1. The van der Waals surface area contributed by atoms with Crippen molar-refractivity contribution in [3.05, 3.63) is 70.5 Å². The highest BCUT2D eigenvalue weighted by Gasteiger charge is 2.27. The molecule has 0 aromatic heterocycles. The predicted molar refractivity (Wildman–Crippen MR) is 98.1 cm³/mol. The van der Waals surface area contributed by atoms with Gasteiger partial charge in [0.1, 0.15) is 11.9 Å². The third-order valence-electron chi connectivity index (χ3n) is 5.03. The van der Waals surface area contributed by atoms with Gasteiger partial charge in [0.15, 0.2) is 0 Å². The summed E-state index contributed by atoms with van der Waals surface area (Å²) in [6.07, 6.45) is 0. The van der Waals surface area contributed by atoms with E-state index >= 15 is 0 Å². The van der Waals surface area contributed by atoms with Crippen molar-refractivity contribution < 1.29 is 9.18 Å². The molecular weight excluding hydrogens is 329 g/mol. The Hall–Kier alpha value is -2.71. The lowest BCUT2D eigenvalue weighted by Gasteiger charge is -2.37. The van der Waals surface area contributed by atoms with Crippen molar-refractivity contribution in [3.8, 4) is 6.07 Å². The summed E-state index contributed by atoms with van der Waals surface area (Å²) in [5.74, 6) is -0.280. The number of piperazine rings is 1. The predicted octanol–water partition coefficient (Wildman–Crippen LogP) is 3.47. The Bertz CT molecular complexity index is 833. The summed E-state index contributed by atoms with van der Waals surface area (Å²) in [6, 6.07) is 13.7. The number of nitrogens with zero attached hydrogens (tertiary/aromatic N) is 3. The van der Waals surface area contributed by atoms with Crippen molar-refractivity contribution in [2.75, 3.05) is 26.2 Å².